The van der Waals surface area contributed by atoms with E-state index >= 15 is 0 Å². The first-order valence-electron chi connectivity index (χ1n) is 13.6. The van der Waals surface area contributed by atoms with Crippen molar-refractivity contribution in [2.45, 2.75) is 57.7 Å². The fourth-order valence-corrected chi connectivity index (χ4v) is 6.39. The number of anilines is 1. The Hall–Kier alpha value is -3.07. The normalized spacial score (nSPS) is 14.4. The maximum absolute atomic E-state index is 14.2. The van der Waals surface area contributed by atoms with E-state index in [0.717, 1.165) is 52.9 Å². The zero-order valence-electron chi connectivity index (χ0n) is 23.2. The maximum atomic E-state index is 14.2. The molecule has 4 rings (SSSR count). The Morgan fingerprint density at radius 1 is 0.927 bits per heavy atom. The molecule has 0 bridgehead atoms. The van der Waals surface area contributed by atoms with Gasteiger partial charge in [0.2, 0.25) is 21.8 Å². The molecule has 3 aromatic rings. The largest absolute Gasteiger partial charge is 0.352 e. The predicted octanol–water partition coefficient (Wildman–Crippen LogP) is 5.77. The van der Waals surface area contributed by atoms with Crippen LogP contribution in [0.25, 0.3) is 0 Å². The third-order valence-corrected chi connectivity index (χ3v) is 9.26. The van der Waals surface area contributed by atoms with Crippen LogP contribution in [0.15, 0.2) is 72.8 Å². The summed E-state index contributed by atoms with van der Waals surface area (Å²) in [7, 11) is -3.95. The van der Waals surface area contributed by atoms with Gasteiger partial charge < -0.3 is 10.2 Å². The van der Waals surface area contributed by atoms with Crippen LogP contribution in [-0.4, -0.2) is 50.0 Å². The molecule has 1 atom stereocenters. The van der Waals surface area contributed by atoms with Gasteiger partial charge in [-0.15, -0.1) is 0 Å². The van der Waals surface area contributed by atoms with Crippen LogP contribution in [0.5, 0.6) is 0 Å². The SMILES string of the molecule is Cc1ccc(CN(C(=O)CN(c2cccc(Cl)c2Cl)S(C)(=O)=O)[C@H](Cc2ccccc2)C(=O)NC2CCCC2)cc1. The number of rotatable bonds is 11. The number of hydrogen-bond donors (Lipinski definition) is 1. The standard InChI is InChI=1S/C31H35Cl2N3O4S/c1-22-15-17-24(18-16-22)20-35(29(37)21-36(41(2,39)40)27-14-8-13-26(32)30(27)33)28(19-23-9-4-3-5-10-23)31(38)34-25-11-6-7-12-25/h3-5,8-10,13-18,25,28H,6-7,11-12,19-21H2,1-2H3,(H,34,38)/t28-/m1/s1. The minimum Gasteiger partial charge on any atom is -0.352 e. The van der Waals surface area contributed by atoms with Gasteiger partial charge in [0.1, 0.15) is 12.6 Å². The second-order valence-electron chi connectivity index (χ2n) is 10.5. The van der Waals surface area contributed by atoms with E-state index in [-0.39, 0.29) is 40.6 Å². The van der Waals surface area contributed by atoms with Crippen LogP contribution < -0.4 is 9.62 Å². The van der Waals surface area contributed by atoms with Crippen molar-refractivity contribution >= 4 is 50.7 Å². The van der Waals surface area contributed by atoms with Crippen molar-refractivity contribution in [2.24, 2.45) is 0 Å². The van der Waals surface area contributed by atoms with Crippen LogP contribution in [0.3, 0.4) is 0 Å². The van der Waals surface area contributed by atoms with E-state index in [1.54, 1.807) is 12.1 Å². The average Bonchev–Trinajstić information content (AvgIpc) is 3.45. The number of nitrogens with zero attached hydrogens (tertiary/aromatic N) is 2. The van der Waals surface area contributed by atoms with E-state index in [1.165, 1.54) is 11.0 Å². The molecule has 218 valence electrons. The molecule has 0 unspecified atom stereocenters. The van der Waals surface area contributed by atoms with Crippen LogP contribution in [0.4, 0.5) is 5.69 Å². The first-order valence-corrected chi connectivity index (χ1v) is 16.2. The summed E-state index contributed by atoms with van der Waals surface area (Å²) in [6.45, 7) is 1.54. The molecule has 0 aliphatic heterocycles. The highest BCUT2D eigenvalue weighted by Gasteiger charge is 2.34. The predicted molar refractivity (Wildman–Crippen MR) is 165 cm³/mol. The molecule has 1 saturated carbocycles. The van der Waals surface area contributed by atoms with Crippen LogP contribution in [0, 0.1) is 6.92 Å². The second-order valence-corrected chi connectivity index (χ2v) is 13.2. The summed E-state index contributed by atoms with van der Waals surface area (Å²) in [4.78, 5) is 29.5. The van der Waals surface area contributed by atoms with Crippen LogP contribution in [0.1, 0.15) is 42.4 Å². The van der Waals surface area contributed by atoms with Gasteiger partial charge in [0.25, 0.3) is 0 Å². The van der Waals surface area contributed by atoms with Gasteiger partial charge >= 0.3 is 0 Å². The van der Waals surface area contributed by atoms with Crippen LogP contribution in [-0.2, 0) is 32.6 Å². The van der Waals surface area contributed by atoms with Gasteiger partial charge in [-0.25, -0.2) is 8.42 Å². The second kappa shape index (κ2) is 13.7. The average molecular weight is 617 g/mol. The summed E-state index contributed by atoms with van der Waals surface area (Å²) in [6.07, 6.45) is 5.16. The molecule has 1 aliphatic rings. The molecule has 1 N–H and O–H groups in total. The summed E-state index contributed by atoms with van der Waals surface area (Å²) >= 11 is 12.6. The Balaban J connectivity index is 1.74. The van der Waals surface area contributed by atoms with Gasteiger partial charge in [0, 0.05) is 19.0 Å². The van der Waals surface area contributed by atoms with Gasteiger partial charge in [-0.05, 0) is 43.0 Å². The molecule has 10 heteroatoms. The van der Waals surface area contributed by atoms with Crippen molar-refractivity contribution in [1.82, 2.24) is 10.2 Å². The van der Waals surface area contributed by atoms with Gasteiger partial charge in [-0.2, -0.15) is 0 Å². The van der Waals surface area contributed by atoms with Gasteiger partial charge in [0.05, 0.1) is 22.0 Å². The molecule has 3 aromatic carbocycles. The smallest absolute Gasteiger partial charge is 0.244 e. The van der Waals surface area contributed by atoms with Crippen molar-refractivity contribution in [3.05, 3.63) is 99.5 Å². The number of aryl methyl sites for hydroxylation is 1. The Bertz CT molecular complexity index is 1460. The van der Waals surface area contributed by atoms with Crippen molar-refractivity contribution < 1.29 is 18.0 Å². The summed E-state index contributed by atoms with van der Waals surface area (Å²) in [5.74, 6) is -0.789. The van der Waals surface area contributed by atoms with Crippen molar-refractivity contribution in [3.8, 4) is 0 Å². The number of benzene rings is 3. The maximum Gasteiger partial charge on any atom is 0.244 e. The Morgan fingerprint density at radius 2 is 1.59 bits per heavy atom. The first kappa shape index (κ1) is 30.9. The third-order valence-electron chi connectivity index (χ3n) is 7.33. The lowest BCUT2D eigenvalue weighted by Crippen LogP contribution is -2.54. The highest BCUT2D eigenvalue weighted by Crippen LogP contribution is 2.34. The molecule has 0 saturated heterocycles. The Labute approximate surface area is 252 Å². The molecule has 1 fully saturated rings. The van der Waals surface area contributed by atoms with Gasteiger partial charge in [-0.1, -0.05) is 102 Å². The number of halogens is 2. The van der Waals surface area contributed by atoms with Gasteiger partial charge in [-0.3, -0.25) is 13.9 Å². The zero-order chi connectivity index (χ0) is 29.6. The fourth-order valence-electron chi connectivity index (χ4n) is 5.09. The van der Waals surface area contributed by atoms with E-state index in [1.807, 2.05) is 61.5 Å². The number of sulfonamides is 1. The van der Waals surface area contributed by atoms with Gasteiger partial charge in [0.15, 0.2) is 0 Å². The first-order chi connectivity index (χ1) is 19.5. The lowest BCUT2D eigenvalue weighted by molar-refractivity contribution is -0.140. The minimum absolute atomic E-state index is 0.0253. The molecular formula is C31H35Cl2N3O4S. The third kappa shape index (κ3) is 8.24. The van der Waals surface area contributed by atoms with Crippen molar-refractivity contribution in [1.29, 1.82) is 0 Å². The number of nitrogens with one attached hydrogen (secondary N) is 1. The van der Waals surface area contributed by atoms with Crippen molar-refractivity contribution in [3.63, 3.8) is 0 Å². The zero-order valence-corrected chi connectivity index (χ0v) is 25.6. The van der Waals surface area contributed by atoms with E-state index in [2.05, 4.69) is 5.32 Å². The highest BCUT2D eigenvalue weighted by molar-refractivity contribution is 7.92. The molecule has 0 aromatic heterocycles. The number of carbonyl (C=O) groups excluding carboxylic acids is 2. The van der Waals surface area contributed by atoms with E-state index in [4.69, 9.17) is 23.2 Å². The summed E-state index contributed by atoms with van der Waals surface area (Å²) in [5, 5.41) is 3.35. The minimum atomic E-state index is -3.95. The Kier molecular flexibility index (Phi) is 10.3. The van der Waals surface area contributed by atoms with Crippen molar-refractivity contribution in [2.75, 3.05) is 17.1 Å². The van der Waals surface area contributed by atoms with Crippen LogP contribution in [0.2, 0.25) is 10.0 Å². The summed E-state index contributed by atoms with van der Waals surface area (Å²) in [5.41, 5.74) is 2.87. The van der Waals surface area contributed by atoms with E-state index in [9.17, 15) is 18.0 Å². The summed E-state index contributed by atoms with van der Waals surface area (Å²) < 4.78 is 26.8. The summed E-state index contributed by atoms with van der Waals surface area (Å²) in [6, 6.07) is 21.0. The topological polar surface area (TPSA) is 86.8 Å². The molecular weight excluding hydrogens is 581 g/mol. The highest BCUT2D eigenvalue weighted by atomic mass is 35.5. The van der Waals surface area contributed by atoms with E-state index < -0.39 is 28.5 Å². The Morgan fingerprint density at radius 3 is 2.22 bits per heavy atom. The quantitative estimate of drug-likeness (QED) is 0.297. The monoisotopic (exact) mass is 615 g/mol. The fraction of sp³-hybridized carbons (Fsp3) is 0.355. The molecule has 2 amide bonds. The molecule has 0 radical (unpaired) electrons. The lowest BCUT2D eigenvalue weighted by Gasteiger charge is -2.34. The molecule has 7 nitrogen and oxygen atoms in total. The molecule has 0 heterocycles. The van der Waals surface area contributed by atoms with Crippen LogP contribution >= 0.6 is 23.2 Å². The van der Waals surface area contributed by atoms with E-state index in [0.29, 0.717) is 0 Å². The molecule has 0 spiro atoms. The number of hydrogen-bond acceptors (Lipinski definition) is 4. The molecule has 1 aliphatic carbocycles. The lowest BCUT2D eigenvalue weighted by atomic mass is 10.0. The number of amides is 2. The number of carbonyl (C=O) groups is 2. The molecule has 41 heavy (non-hydrogen) atoms.